The van der Waals surface area contributed by atoms with Crippen LogP contribution in [0.25, 0.3) is 44.5 Å². The van der Waals surface area contributed by atoms with Crippen molar-refractivity contribution in [2.24, 2.45) is 0 Å². The number of nitrogens with zero attached hydrogens (tertiary/aromatic N) is 8. The lowest BCUT2D eigenvalue weighted by atomic mass is 9.74. The highest BCUT2D eigenvalue weighted by Gasteiger charge is 2.55. The predicted octanol–water partition coefficient (Wildman–Crippen LogP) is 19.3. The van der Waals surface area contributed by atoms with Gasteiger partial charge in [-0.1, -0.05) is 260 Å². The van der Waals surface area contributed by atoms with Gasteiger partial charge in [-0.15, -0.1) is 0 Å². The largest absolute Gasteiger partial charge is 0.497 e. The highest BCUT2D eigenvalue weighted by Crippen LogP contribution is 2.49. The molecule has 0 amide bonds. The third-order valence-electron chi connectivity index (χ3n) is 31.7. The molecule has 0 radical (unpaired) electrons. The van der Waals surface area contributed by atoms with Gasteiger partial charge in [0.05, 0.1) is 52.5 Å². The molecule has 144 heavy (non-hydrogen) atoms. The van der Waals surface area contributed by atoms with Crippen molar-refractivity contribution in [3.63, 3.8) is 0 Å². The van der Waals surface area contributed by atoms with Crippen molar-refractivity contribution in [3.05, 3.63) is 362 Å². The molecule has 0 saturated carbocycles. The van der Waals surface area contributed by atoms with E-state index < -0.39 is 46.8 Å². The number of rotatable bonds is 21. The van der Waals surface area contributed by atoms with Crippen LogP contribution in [0.3, 0.4) is 0 Å². The highest BCUT2D eigenvalue weighted by molar-refractivity contribution is 7.90. The summed E-state index contributed by atoms with van der Waals surface area (Å²) in [4.78, 5) is 10.8. The number of aliphatic hydroxyl groups excluding tert-OH is 2. The quantitative estimate of drug-likeness (QED) is 0.0567. The maximum atomic E-state index is 14.3. The molecule has 7 saturated heterocycles. The second-order valence-electron chi connectivity index (χ2n) is 40.1. The number of aliphatic hydroxyl groups is 2. The van der Waals surface area contributed by atoms with Crippen molar-refractivity contribution in [1.82, 2.24) is 36.8 Å². The monoisotopic (exact) mass is 2040 g/mol. The molecule has 20 nitrogen and oxygen atoms in total. The van der Waals surface area contributed by atoms with Gasteiger partial charge in [0.15, 0.2) is 0 Å². The average Bonchev–Trinajstić information content (AvgIpc) is 0.745. The van der Waals surface area contributed by atoms with Crippen molar-refractivity contribution >= 4 is 51.7 Å². The number of hydrogen-bond acceptors (Lipinski definition) is 15. The molecule has 5 N–H and O–H groups in total. The molecule has 0 spiro atoms. The molecule has 26 heteroatoms. The number of benzene rings is 12. The number of hydrogen-bond donors (Lipinski definition) is 3. The fourth-order valence-corrected chi connectivity index (χ4v) is 30.7. The van der Waals surface area contributed by atoms with E-state index in [2.05, 4.69) is 205 Å². The topological polar surface area (TPSA) is 240 Å². The molecule has 0 aromatic heterocycles. The van der Waals surface area contributed by atoms with Crippen LogP contribution in [-0.4, -0.2) is 241 Å². The van der Waals surface area contributed by atoms with Crippen LogP contribution in [0.2, 0.25) is 5.02 Å². The van der Waals surface area contributed by atoms with Gasteiger partial charge in [-0.05, 0) is 274 Å². The third-order valence-corrected chi connectivity index (χ3v) is 40.2. The van der Waals surface area contributed by atoms with Gasteiger partial charge in [-0.3, -0.25) is 19.6 Å². The lowest BCUT2D eigenvalue weighted by molar-refractivity contribution is -0.389. The SMILES string of the molecule is COc1ccc(-c2ccc([C@H]3C4CN(S(=O)(=O)c5ccccc5C)CCCCN4[C@@H]3CO)cc2)c(C)c1.Cc1cccc(-c2ccc([C@H]3C4CN(S(=O)(=O)c5ccccc5C)CCCCN4[C@@H]3C[NH3+])cc2)c1.Cc1ccccc1S(=O)(=O)N1C/C=C\CN2C(C1)[C@H](c1ccc(-c3cccc(Cl)c3C)cc1)[C@H]2CO.Cc1ccccc1S(=O)(=O)N1CCCCN2C(C1)[C@H](c1ccc(-c3cccc(C)c3C)cc1)[C@H]2CF. The van der Waals surface area contributed by atoms with Gasteiger partial charge < -0.3 is 20.7 Å². The molecule has 8 heterocycles. The Hall–Kier alpha value is -10.2. The summed E-state index contributed by atoms with van der Waals surface area (Å²) in [6.07, 6.45) is 9.18. The van der Waals surface area contributed by atoms with Crippen LogP contribution in [0.15, 0.2) is 305 Å². The van der Waals surface area contributed by atoms with Gasteiger partial charge in [-0.2, -0.15) is 17.2 Å². The first-order chi connectivity index (χ1) is 69.4. The van der Waals surface area contributed by atoms with Gasteiger partial charge in [-0.25, -0.2) is 38.1 Å². The Morgan fingerprint density at radius 1 is 0.333 bits per heavy atom. The summed E-state index contributed by atoms with van der Waals surface area (Å²) in [5, 5.41) is 21.3. The molecule has 20 rings (SSSR count). The standard InChI is InChI=1S/C30H35FN2O2S.C30H36N2O4S.C29H31ClN2O3S.C29H35N3O2S/c1-21-10-8-11-26(23(21)3)24-13-15-25(16-14-24)30-27(19-31)33-18-7-6-17-32(20-28(30)33)36(34,35)29-12-5-4-9-22(29)2;1-21-8-4-5-9-29(21)37(34,35)31-16-6-7-17-32-27(19-31)30(28(32)20-33)24-12-10-23(11-13-24)26-15-14-25(36-3)18-22(26)2;1-20-8-3-4-11-28(20)36(34,35)31-16-5-6-17-32-26(18-31)29(27(32)19-33)23-14-12-22(13-15-23)24-9-7-10-25(30)21(24)2;1-21-8-7-10-25(18-21)23-12-14-24(15-13-23)29-26(19-30)32-17-6-5-16-31(20-27(29)32)35(33,34)28-11-4-3-9-22(28)2/h4-5,8-16,27-28,30H,6-7,17-20H2,1-3H3;4-5,8-15,18,27-28,30,33H,6-7,16-17,19-20H2,1-3H3;3-15,26-27,29,33H,16-19H2,1-2H3;3-4,7-15,18,26-27,29H,5-6,16-17,19-20,30H2,1-2H3/p+1/b;;6-5-;/t27-,28?,30-;27?,28-,30+;26?,27-,29+;26-,27?,29-/m1111/s1. The van der Waals surface area contributed by atoms with Crippen LogP contribution in [0.1, 0.15) is 135 Å². The molecule has 0 aliphatic carbocycles. The zero-order valence-corrected chi connectivity index (χ0v) is 88.4. The Labute approximate surface area is 858 Å². The van der Waals surface area contributed by atoms with Crippen LogP contribution >= 0.6 is 11.6 Å². The first-order valence-electron chi connectivity index (χ1n) is 50.8. The fourth-order valence-electron chi connectivity index (χ4n) is 23.7. The van der Waals surface area contributed by atoms with E-state index in [-0.39, 0.29) is 79.2 Å². The molecule has 8 aliphatic rings. The highest BCUT2D eigenvalue weighted by atomic mass is 35.5. The molecule has 7 fully saturated rings. The summed E-state index contributed by atoms with van der Waals surface area (Å²) < 4.78 is 135. The molecular formula is C118H138ClFN9O11S4+. The summed E-state index contributed by atoms with van der Waals surface area (Å²) in [7, 11) is -12.8. The van der Waals surface area contributed by atoms with Crippen LogP contribution < -0.4 is 10.5 Å². The Morgan fingerprint density at radius 2 is 0.681 bits per heavy atom. The number of aryl methyl sites for hydroxylation is 7. The third kappa shape index (κ3) is 21.6. The number of sulfonamides is 4. The van der Waals surface area contributed by atoms with E-state index in [0.29, 0.717) is 84.5 Å². The van der Waals surface area contributed by atoms with E-state index in [0.717, 1.165) is 153 Å². The van der Waals surface area contributed by atoms with Crippen molar-refractivity contribution in [1.29, 1.82) is 0 Å². The van der Waals surface area contributed by atoms with Gasteiger partial charge in [0.25, 0.3) is 0 Å². The van der Waals surface area contributed by atoms with Gasteiger partial charge in [0, 0.05) is 130 Å². The predicted molar refractivity (Wildman–Crippen MR) is 575 cm³/mol. The van der Waals surface area contributed by atoms with Crippen LogP contribution in [0.4, 0.5) is 4.39 Å². The molecule has 12 atom stereocenters. The molecule has 12 aromatic rings. The molecule has 8 aliphatic heterocycles. The zero-order chi connectivity index (χ0) is 102. The molecular weight excluding hydrogens is 1900 g/mol. The number of fused-ring (bicyclic) bond motifs is 4. The van der Waals surface area contributed by atoms with Gasteiger partial charge in [0.2, 0.25) is 40.1 Å². The van der Waals surface area contributed by atoms with E-state index in [9.17, 15) is 48.3 Å². The summed E-state index contributed by atoms with van der Waals surface area (Å²) in [5.41, 5.74) is 27.1. The average molecular weight is 2040 g/mol. The first-order valence-corrected chi connectivity index (χ1v) is 57.0. The summed E-state index contributed by atoms with van der Waals surface area (Å²) >= 11 is 6.33. The van der Waals surface area contributed by atoms with E-state index >= 15 is 0 Å². The first kappa shape index (κ1) is 105. The zero-order valence-electron chi connectivity index (χ0n) is 84.4. The molecule has 758 valence electrons. The van der Waals surface area contributed by atoms with Crippen LogP contribution in [0.5, 0.6) is 5.75 Å². The number of ether oxygens (including phenoxy) is 1. The molecule has 0 bridgehead atoms. The smallest absolute Gasteiger partial charge is 0.243 e. The number of alkyl halides is 1. The second kappa shape index (κ2) is 45.6. The Kier molecular flexibility index (Phi) is 33.3. The lowest BCUT2D eigenvalue weighted by Gasteiger charge is -2.57. The van der Waals surface area contributed by atoms with Gasteiger partial charge >= 0.3 is 0 Å². The second-order valence-corrected chi connectivity index (χ2v) is 48.2. The fraction of sp³-hybridized carbons (Fsp3) is 0.373. The molecule has 4 unspecified atom stereocenters. The minimum Gasteiger partial charge on any atom is -0.497 e. The van der Waals surface area contributed by atoms with E-state index in [1.807, 2.05) is 126 Å². The maximum absolute atomic E-state index is 14.3. The van der Waals surface area contributed by atoms with Crippen molar-refractivity contribution in [2.45, 2.75) is 192 Å². The number of methoxy groups -OCH3 is 1. The van der Waals surface area contributed by atoms with Crippen molar-refractivity contribution < 1.29 is 58.7 Å². The summed E-state index contributed by atoms with van der Waals surface area (Å²) in [5.74, 6) is 1.20. The summed E-state index contributed by atoms with van der Waals surface area (Å²) in [6, 6.07) is 90.3. The number of halogens is 2. The van der Waals surface area contributed by atoms with E-state index in [1.54, 1.807) is 66.8 Å². The minimum absolute atomic E-state index is 0.000289. The van der Waals surface area contributed by atoms with Crippen LogP contribution in [-0.2, 0) is 40.1 Å². The minimum atomic E-state index is -3.66. The summed E-state index contributed by atoms with van der Waals surface area (Å²) in [6.45, 7) is 25.4. The maximum Gasteiger partial charge on any atom is 0.243 e. The Morgan fingerprint density at radius 3 is 1.10 bits per heavy atom. The Balaban J connectivity index is 0.000000132. The van der Waals surface area contributed by atoms with E-state index in [4.69, 9.17) is 16.3 Å². The van der Waals surface area contributed by atoms with E-state index in [1.165, 1.54) is 38.9 Å². The van der Waals surface area contributed by atoms with Crippen molar-refractivity contribution in [3.8, 4) is 50.3 Å². The molecule has 12 aromatic carbocycles. The lowest BCUT2D eigenvalue weighted by Crippen LogP contribution is -2.74. The van der Waals surface area contributed by atoms with Crippen molar-refractivity contribution in [2.75, 3.05) is 112 Å². The van der Waals surface area contributed by atoms with Gasteiger partial charge in [0.1, 0.15) is 12.4 Å². The normalized spacial score (nSPS) is 23.5. The number of quaternary nitrogens is 1. The Bertz CT molecular complexity index is 7050. The van der Waals surface area contributed by atoms with Crippen LogP contribution in [0, 0.1) is 62.3 Å².